The summed E-state index contributed by atoms with van der Waals surface area (Å²) in [6.07, 6.45) is 0. The Morgan fingerprint density at radius 3 is 2.42 bits per heavy atom. The Morgan fingerprint density at radius 1 is 1.16 bits per heavy atom. The third-order valence-electron chi connectivity index (χ3n) is 2.54. The molecule has 2 aromatic carbocycles. The molecular formula is C14H11ClINO2. The summed E-state index contributed by atoms with van der Waals surface area (Å²) in [5, 5.41) is 1.64. The topological polar surface area (TPSA) is 29.5 Å². The van der Waals surface area contributed by atoms with Crippen molar-refractivity contribution in [2.45, 2.75) is 0 Å². The van der Waals surface area contributed by atoms with Gasteiger partial charge in [0.1, 0.15) is 0 Å². The molecule has 0 radical (unpaired) electrons. The van der Waals surface area contributed by atoms with Gasteiger partial charge < -0.3 is 0 Å². The van der Waals surface area contributed by atoms with Crippen LogP contribution in [0.3, 0.4) is 0 Å². The van der Waals surface area contributed by atoms with Crippen LogP contribution in [0.5, 0.6) is 0 Å². The number of carbonyl (C=O) groups excluding carboxylic acids is 1. The monoisotopic (exact) mass is 387 g/mol. The number of halogens is 2. The fraction of sp³-hybridized carbons (Fsp3) is 0.0714. The summed E-state index contributed by atoms with van der Waals surface area (Å²) in [6.45, 7) is 0. The van der Waals surface area contributed by atoms with Crippen molar-refractivity contribution in [1.29, 1.82) is 0 Å². The Kier molecular flexibility index (Phi) is 4.79. The molecule has 0 N–H and O–H groups in total. The summed E-state index contributed by atoms with van der Waals surface area (Å²) in [4.78, 5) is 17.7. The smallest absolute Gasteiger partial charge is 0.269 e. The van der Waals surface area contributed by atoms with E-state index in [1.54, 1.807) is 24.3 Å². The van der Waals surface area contributed by atoms with E-state index >= 15 is 0 Å². The summed E-state index contributed by atoms with van der Waals surface area (Å²) in [5.74, 6) is -0.294. The van der Waals surface area contributed by atoms with E-state index in [0.717, 1.165) is 3.57 Å². The molecule has 0 aromatic heterocycles. The van der Waals surface area contributed by atoms with Crippen LogP contribution in [0.15, 0.2) is 48.5 Å². The van der Waals surface area contributed by atoms with Crippen LogP contribution in [-0.2, 0) is 4.84 Å². The van der Waals surface area contributed by atoms with Gasteiger partial charge in [0.15, 0.2) is 0 Å². The average Bonchev–Trinajstić information content (AvgIpc) is 2.42. The SMILES string of the molecule is CON(C(=O)c1ccccc1Cl)c1ccccc1I. The lowest BCUT2D eigenvalue weighted by Gasteiger charge is -2.21. The molecule has 2 rings (SSSR count). The van der Waals surface area contributed by atoms with Crippen LogP contribution in [0.1, 0.15) is 10.4 Å². The van der Waals surface area contributed by atoms with Gasteiger partial charge in [0, 0.05) is 3.57 Å². The van der Waals surface area contributed by atoms with E-state index in [0.29, 0.717) is 16.3 Å². The maximum absolute atomic E-state index is 12.5. The zero-order valence-electron chi connectivity index (χ0n) is 10.1. The zero-order valence-corrected chi connectivity index (χ0v) is 13.1. The molecule has 0 aliphatic rings. The summed E-state index contributed by atoms with van der Waals surface area (Å²) >= 11 is 8.20. The van der Waals surface area contributed by atoms with Crippen molar-refractivity contribution in [3.8, 4) is 0 Å². The second-order valence-electron chi connectivity index (χ2n) is 3.71. The number of hydrogen-bond acceptors (Lipinski definition) is 2. The molecule has 0 aliphatic heterocycles. The van der Waals surface area contributed by atoms with Crippen molar-refractivity contribution >= 4 is 45.8 Å². The highest BCUT2D eigenvalue weighted by atomic mass is 127. The molecule has 0 unspecified atom stereocenters. The Hall–Kier alpha value is -1.11. The average molecular weight is 388 g/mol. The first-order valence-corrected chi connectivity index (χ1v) is 6.98. The van der Waals surface area contributed by atoms with E-state index < -0.39 is 0 Å². The number of carbonyl (C=O) groups is 1. The summed E-state index contributed by atoms with van der Waals surface area (Å²) < 4.78 is 0.919. The van der Waals surface area contributed by atoms with Crippen LogP contribution in [0.25, 0.3) is 0 Å². The molecule has 2 aromatic rings. The second-order valence-corrected chi connectivity index (χ2v) is 5.28. The van der Waals surface area contributed by atoms with E-state index in [1.165, 1.54) is 12.2 Å². The summed E-state index contributed by atoms with van der Waals surface area (Å²) in [7, 11) is 1.46. The lowest BCUT2D eigenvalue weighted by atomic mass is 10.2. The van der Waals surface area contributed by atoms with Crippen LogP contribution >= 0.6 is 34.2 Å². The highest BCUT2D eigenvalue weighted by Gasteiger charge is 2.21. The van der Waals surface area contributed by atoms with Crippen LogP contribution in [-0.4, -0.2) is 13.0 Å². The fourth-order valence-electron chi connectivity index (χ4n) is 1.65. The van der Waals surface area contributed by atoms with Crippen molar-refractivity contribution < 1.29 is 9.63 Å². The highest BCUT2D eigenvalue weighted by Crippen LogP contribution is 2.25. The van der Waals surface area contributed by atoms with Gasteiger partial charge in [-0.1, -0.05) is 35.9 Å². The molecule has 3 nitrogen and oxygen atoms in total. The summed E-state index contributed by atoms with van der Waals surface area (Å²) in [6, 6.07) is 14.4. The van der Waals surface area contributed by atoms with Gasteiger partial charge in [0.05, 0.1) is 23.4 Å². The zero-order chi connectivity index (χ0) is 13.8. The van der Waals surface area contributed by atoms with Crippen LogP contribution in [0.2, 0.25) is 5.02 Å². The van der Waals surface area contributed by atoms with E-state index in [4.69, 9.17) is 16.4 Å². The van der Waals surface area contributed by atoms with Gasteiger partial charge in [-0.3, -0.25) is 9.63 Å². The molecule has 0 aliphatic carbocycles. The summed E-state index contributed by atoms with van der Waals surface area (Å²) in [5.41, 5.74) is 1.10. The number of hydrogen-bond donors (Lipinski definition) is 0. The van der Waals surface area contributed by atoms with Crippen molar-refractivity contribution in [3.05, 3.63) is 62.7 Å². The molecule has 0 heterocycles. The van der Waals surface area contributed by atoms with Crippen molar-refractivity contribution in [2.24, 2.45) is 0 Å². The molecule has 0 spiro atoms. The second kappa shape index (κ2) is 6.36. The lowest BCUT2D eigenvalue weighted by Crippen LogP contribution is -2.30. The Bertz CT molecular complexity index is 604. The van der Waals surface area contributed by atoms with Gasteiger partial charge in [-0.05, 0) is 46.9 Å². The first kappa shape index (κ1) is 14.3. The molecular weight excluding hydrogens is 377 g/mol. The van der Waals surface area contributed by atoms with Crippen LogP contribution in [0.4, 0.5) is 5.69 Å². The van der Waals surface area contributed by atoms with Gasteiger partial charge in [0.25, 0.3) is 5.91 Å². The van der Waals surface area contributed by atoms with Gasteiger partial charge in [-0.15, -0.1) is 0 Å². The largest absolute Gasteiger partial charge is 0.283 e. The lowest BCUT2D eigenvalue weighted by molar-refractivity contribution is 0.0772. The molecule has 0 saturated carbocycles. The number of hydroxylamine groups is 1. The van der Waals surface area contributed by atoms with Crippen LogP contribution < -0.4 is 5.06 Å². The number of rotatable bonds is 3. The standard InChI is InChI=1S/C14H11ClINO2/c1-19-17(13-9-5-4-8-12(13)16)14(18)10-6-2-3-7-11(10)15/h2-9H,1H3. The minimum Gasteiger partial charge on any atom is -0.269 e. The molecule has 0 saturated heterocycles. The van der Waals surface area contributed by atoms with Crippen molar-refractivity contribution in [1.82, 2.24) is 0 Å². The predicted molar refractivity (Wildman–Crippen MR) is 84.4 cm³/mol. The number of amides is 1. The number of benzene rings is 2. The molecule has 0 bridgehead atoms. The quantitative estimate of drug-likeness (QED) is 0.585. The van der Waals surface area contributed by atoms with Gasteiger partial charge in [-0.2, -0.15) is 5.06 Å². The Morgan fingerprint density at radius 2 is 1.79 bits per heavy atom. The van der Waals surface area contributed by atoms with E-state index in [1.807, 2.05) is 24.3 Å². The van der Waals surface area contributed by atoms with E-state index in [9.17, 15) is 4.79 Å². The maximum Gasteiger partial charge on any atom is 0.283 e. The molecule has 5 heteroatoms. The first-order chi connectivity index (χ1) is 9.15. The number of nitrogens with zero attached hydrogens (tertiary/aromatic N) is 1. The third-order valence-corrected chi connectivity index (χ3v) is 3.78. The Balaban J connectivity index is 2.41. The highest BCUT2D eigenvalue weighted by molar-refractivity contribution is 14.1. The molecule has 0 fully saturated rings. The normalized spacial score (nSPS) is 10.3. The molecule has 1 amide bonds. The maximum atomic E-state index is 12.5. The van der Waals surface area contributed by atoms with Crippen molar-refractivity contribution in [2.75, 3.05) is 12.2 Å². The molecule has 19 heavy (non-hydrogen) atoms. The Labute approximate surface area is 130 Å². The number of anilines is 1. The van der Waals surface area contributed by atoms with Gasteiger partial charge in [0.2, 0.25) is 0 Å². The van der Waals surface area contributed by atoms with E-state index in [2.05, 4.69) is 22.6 Å². The van der Waals surface area contributed by atoms with Crippen LogP contribution in [0, 0.1) is 3.57 Å². The third kappa shape index (κ3) is 3.08. The fourth-order valence-corrected chi connectivity index (χ4v) is 2.47. The first-order valence-electron chi connectivity index (χ1n) is 5.52. The molecule has 0 atom stereocenters. The van der Waals surface area contributed by atoms with Gasteiger partial charge in [-0.25, -0.2) is 0 Å². The number of para-hydroxylation sites is 1. The van der Waals surface area contributed by atoms with Gasteiger partial charge >= 0.3 is 0 Å². The minimum absolute atomic E-state index is 0.294. The minimum atomic E-state index is -0.294. The molecule has 98 valence electrons. The van der Waals surface area contributed by atoms with E-state index in [-0.39, 0.29) is 5.91 Å². The van der Waals surface area contributed by atoms with Crippen molar-refractivity contribution in [3.63, 3.8) is 0 Å². The predicted octanol–water partition coefficient (Wildman–Crippen LogP) is 4.15.